The second-order valence-corrected chi connectivity index (χ2v) is 26.6. The molecule has 7 atom stereocenters. The lowest BCUT2D eigenvalue weighted by atomic mass is 9.95. The Bertz CT molecular complexity index is 2930. The molecular formula is C64H96ClF4N11O11. The van der Waals surface area contributed by atoms with Crippen LogP contribution in [0.2, 0.25) is 5.02 Å². The third-order valence-corrected chi connectivity index (χ3v) is 16.7. The van der Waals surface area contributed by atoms with Crippen molar-refractivity contribution in [1.82, 2.24) is 55.6 Å². The Kier molecular flexibility index (Phi) is 28.9. The second-order valence-electron chi connectivity index (χ2n) is 26.1. The molecule has 0 spiro atoms. The molecule has 0 aromatic heterocycles. The number of benzene rings is 2. The van der Waals surface area contributed by atoms with Crippen molar-refractivity contribution in [2.75, 3.05) is 69.0 Å². The Hall–Kier alpha value is -7.38. The highest BCUT2D eigenvalue weighted by Gasteiger charge is 2.43. The van der Waals surface area contributed by atoms with Crippen LogP contribution in [0.3, 0.4) is 0 Å². The van der Waals surface area contributed by atoms with Gasteiger partial charge in [0.25, 0.3) is 0 Å². The number of carbonyl (C=O) groups excluding carboxylic acids is 11. The summed E-state index contributed by atoms with van der Waals surface area (Å²) in [6.07, 6.45) is -5.81. The molecule has 1 heterocycles. The molecule has 3 rings (SSSR count). The molecule has 91 heavy (non-hydrogen) atoms. The summed E-state index contributed by atoms with van der Waals surface area (Å²) < 4.78 is 55.6. The summed E-state index contributed by atoms with van der Waals surface area (Å²) >= 11 is 6.18. The molecule has 27 heteroatoms. The number of nitrogens with zero attached hydrogens (tertiary/aromatic N) is 7. The summed E-state index contributed by atoms with van der Waals surface area (Å²) in [5.74, 6) is -10.8. The molecule has 1 fully saturated rings. The molecule has 22 nitrogen and oxygen atoms in total. The largest absolute Gasteiger partial charge is 0.419 e. The maximum Gasteiger partial charge on any atom is 0.419 e. The van der Waals surface area contributed by atoms with Gasteiger partial charge < -0.3 is 55.6 Å². The van der Waals surface area contributed by atoms with E-state index in [1.165, 1.54) is 73.0 Å². The Morgan fingerprint density at radius 3 is 1.60 bits per heavy atom. The molecule has 0 bridgehead atoms. The van der Waals surface area contributed by atoms with Gasteiger partial charge in [0.15, 0.2) is 0 Å². The van der Waals surface area contributed by atoms with Gasteiger partial charge in [-0.1, -0.05) is 85.2 Å². The smallest absolute Gasteiger partial charge is 0.343 e. The fourth-order valence-corrected chi connectivity index (χ4v) is 10.4. The Morgan fingerprint density at radius 1 is 0.560 bits per heavy atom. The van der Waals surface area contributed by atoms with Crippen LogP contribution in [0, 0.1) is 29.5 Å². The van der Waals surface area contributed by atoms with Crippen LogP contribution in [0.15, 0.2) is 42.5 Å². The zero-order chi connectivity index (χ0) is 69.5. The molecule has 508 valence electrons. The third kappa shape index (κ3) is 22.5. The average Bonchev–Trinajstić information content (AvgIpc) is 1.20. The number of aryl methyl sites for hydroxylation is 1. The second kappa shape index (κ2) is 33.8. The zero-order valence-electron chi connectivity index (χ0n) is 56.0. The zero-order valence-corrected chi connectivity index (χ0v) is 56.7. The number of halogens is 5. The van der Waals surface area contributed by atoms with Crippen LogP contribution in [-0.2, 0) is 71.8 Å². The van der Waals surface area contributed by atoms with Gasteiger partial charge in [0.2, 0.25) is 65.0 Å². The monoisotopic (exact) mass is 1310 g/mol. The Balaban J connectivity index is 2.23. The summed E-state index contributed by atoms with van der Waals surface area (Å²) in [4.78, 5) is 166. The fourth-order valence-electron chi connectivity index (χ4n) is 10.2. The van der Waals surface area contributed by atoms with Crippen LogP contribution < -0.4 is 21.3 Å². The molecular weight excluding hydrogens is 1210 g/mol. The molecule has 4 N–H and O–H groups in total. The number of amides is 11. The first-order valence-electron chi connectivity index (χ1n) is 30.6. The van der Waals surface area contributed by atoms with Crippen molar-refractivity contribution < 1.29 is 70.3 Å². The van der Waals surface area contributed by atoms with Crippen molar-refractivity contribution in [3.63, 3.8) is 0 Å². The van der Waals surface area contributed by atoms with Crippen LogP contribution in [0.1, 0.15) is 125 Å². The van der Waals surface area contributed by atoms with Gasteiger partial charge in [-0.15, -0.1) is 0 Å². The van der Waals surface area contributed by atoms with E-state index in [4.69, 9.17) is 11.6 Å². The normalized spacial score (nSPS) is 23.4. The van der Waals surface area contributed by atoms with E-state index < -0.39 is 156 Å². The summed E-state index contributed by atoms with van der Waals surface area (Å²) in [5, 5.41) is 11.2. The van der Waals surface area contributed by atoms with Crippen molar-refractivity contribution >= 4 is 76.6 Å². The maximum atomic E-state index is 14.9. The predicted octanol–water partition coefficient (Wildman–Crippen LogP) is 4.92. The number of nitrogens with one attached hydrogen (secondary N) is 4. The molecule has 2 aromatic rings. The minimum Gasteiger partial charge on any atom is -0.343 e. The van der Waals surface area contributed by atoms with E-state index in [9.17, 15) is 70.3 Å². The highest BCUT2D eigenvalue weighted by Crippen LogP contribution is 2.32. The predicted molar refractivity (Wildman–Crippen MR) is 336 cm³/mol. The van der Waals surface area contributed by atoms with Crippen LogP contribution in [-0.4, -0.2) is 216 Å². The van der Waals surface area contributed by atoms with Gasteiger partial charge in [-0.3, -0.25) is 52.7 Å². The topological polar surface area (TPSA) is 259 Å². The van der Waals surface area contributed by atoms with E-state index >= 15 is 0 Å². The van der Waals surface area contributed by atoms with Crippen molar-refractivity contribution in [3.8, 4) is 0 Å². The number of hydrogen-bond donors (Lipinski definition) is 4. The Morgan fingerprint density at radius 2 is 1.08 bits per heavy atom. The maximum absolute atomic E-state index is 14.9. The Labute approximate surface area is 538 Å². The van der Waals surface area contributed by atoms with Crippen LogP contribution in [0.5, 0.6) is 0 Å². The first-order chi connectivity index (χ1) is 42.0. The van der Waals surface area contributed by atoms with Gasteiger partial charge in [0.05, 0.1) is 25.2 Å². The molecule has 0 saturated carbocycles. The van der Waals surface area contributed by atoms with E-state index in [2.05, 4.69) is 21.3 Å². The average molecular weight is 1310 g/mol. The molecule has 1 aliphatic rings. The van der Waals surface area contributed by atoms with Crippen molar-refractivity contribution in [2.45, 2.75) is 175 Å². The molecule has 0 radical (unpaired) electrons. The quantitative estimate of drug-likeness (QED) is 0.207. The molecule has 1 aliphatic heterocycles. The van der Waals surface area contributed by atoms with E-state index in [1.54, 1.807) is 58.9 Å². The SMILES string of the molecule is CC(C)C[C@@H]1NC(=O)C(C)(C)N(C)C(=O)[C@H](CC(C)C)NC(=O)[C@H](CCc2ccc(C(F)(F)F)c(F)c2)NC(=O)CN(C)C(=O)[C@@H](Cc2ccc(Cl)cc2)N(C)C(=O)CN(C)C(=O)CN(C)C(=O)[C@H](C(C)C)NC(=O)[C@H](CC(C)C)N(C)C(=O)C[C@@H](C)N(C)C1=O. The van der Waals surface area contributed by atoms with Crippen molar-refractivity contribution in [2.24, 2.45) is 23.7 Å². The van der Waals surface area contributed by atoms with E-state index in [0.29, 0.717) is 22.7 Å². The lowest BCUT2D eigenvalue weighted by molar-refractivity contribution is -0.149. The summed E-state index contributed by atoms with van der Waals surface area (Å²) in [5.41, 5.74) is -2.72. The lowest BCUT2D eigenvalue weighted by Crippen LogP contribution is -2.63. The van der Waals surface area contributed by atoms with Crippen molar-refractivity contribution in [1.29, 1.82) is 0 Å². The van der Waals surface area contributed by atoms with E-state index in [0.717, 1.165) is 30.6 Å². The van der Waals surface area contributed by atoms with Gasteiger partial charge in [0.1, 0.15) is 47.6 Å². The van der Waals surface area contributed by atoms with Crippen molar-refractivity contribution in [3.05, 3.63) is 70.0 Å². The van der Waals surface area contributed by atoms with E-state index in [1.807, 2.05) is 27.7 Å². The molecule has 11 amide bonds. The van der Waals surface area contributed by atoms with Gasteiger partial charge in [-0.2, -0.15) is 13.2 Å². The van der Waals surface area contributed by atoms with Gasteiger partial charge in [-0.05, 0) is 112 Å². The van der Waals surface area contributed by atoms with Gasteiger partial charge >= 0.3 is 6.18 Å². The third-order valence-electron chi connectivity index (χ3n) is 16.4. The summed E-state index contributed by atoms with van der Waals surface area (Å²) in [6.45, 7) is 16.8. The summed E-state index contributed by atoms with van der Waals surface area (Å²) in [7, 11) is 9.48. The fraction of sp³-hybridized carbons (Fsp3) is 0.641. The first-order valence-corrected chi connectivity index (χ1v) is 31.0. The highest BCUT2D eigenvalue weighted by atomic mass is 35.5. The minimum absolute atomic E-state index is 0.0127. The minimum atomic E-state index is -5.01. The number of likely N-dealkylation sites (N-methyl/N-ethyl adjacent to an activating group) is 7. The molecule has 2 aromatic carbocycles. The van der Waals surface area contributed by atoms with Gasteiger partial charge in [-0.25, -0.2) is 4.39 Å². The van der Waals surface area contributed by atoms with Crippen LogP contribution in [0.25, 0.3) is 0 Å². The standard InChI is InChI=1S/C64H96ClF4N11O11/c1-36(2)27-47-58(87)77(15)40(9)30-52(82)78(16)49(29-38(5)6)57(86)73-55(39(7)8)61(90)76(14)34-53(83)74(12)35-54(84)79(17)50(32-42-19-23-43(65)24-20-42)60(89)75(13)33-51(81)70-46(26-22-41-21-25-44(45(66)31-41)64(67,68)69)56(85)71-48(28-37(3)4)59(88)80(18)63(10,11)62(91)72-47/h19-21,23-25,31,36-40,46-50,55H,22,26-30,32-35H2,1-18H3,(H,70,81)(H,71,85)(H,72,91)(H,73,86)/t40-,46+,47+,48+,49+,50-,55+/m1/s1. The van der Waals surface area contributed by atoms with Crippen LogP contribution in [0.4, 0.5) is 17.6 Å². The van der Waals surface area contributed by atoms with Crippen LogP contribution >= 0.6 is 11.6 Å². The molecule has 0 aliphatic carbocycles. The number of hydrogen-bond acceptors (Lipinski definition) is 11. The molecule has 0 unspecified atom stereocenters. The first kappa shape index (κ1) is 77.9. The number of carbonyl (C=O) groups is 11. The van der Waals surface area contributed by atoms with Gasteiger partial charge in [0, 0.05) is 73.2 Å². The lowest BCUT2D eigenvalue weighted by Gasteiger charge is -2.39. The highest BCUT2D eigenvalue weighted by molar-refractivity contribution is 6.30. The number of rotatable bonds is 12. The summed E-state index contributed by atoms with van der Waals surface area (Å²) in [6, 6.07) is -0.0372. The molecule has 1 saturated heterocycles. The number of alkyl halides is 3. The van der Waals surface area contributed by atoms with E-state index in [-0.39, 0.29) is 68.3 Å².